The molecule has 0 unspecified atom stereocenters. The van der Waals surface area contributed by atoms with Crippen LogP contribution >= 0.6 is 11.8 Å². The van der Waals surface area contributed by atoms with E-state index in [1.54, 1.807) is 6.92 Å². The standard InChI is InChI=1S/C14H21N3O3S2/c1-8-9(2)15-14(16-10(8)3)21-11(4)13(18)17-12-5-6-22(19,20)7-12/h11-12H,5-7H2,1-4H3,(H,17,18)/t11-,12+/m1/s1. The van der Waals surface area contributed by atoms with Gasteiger partial charge in [-0.2, -0.15) is 0 Å². The molecule has 0 spiro atoms. The number of sulfone groups is 1. The number of carbonyl (C=O) groups is 1. The lowest BCUT2D eigenvalue weighted by atomic mass is 10.2. The highest BCUT2D eigenvalue weighted by Gasteiger charge is 2.30. The van der Waals surface area contributed by atoms with Crippen molar-refractivity contribution in [3.63, 3.8) is 0 Å². The first-order chi connectivity index (χ1) is 10.2. The Bertz CT molecular complexity index is 666. The molecule has 1 aromatic heterocycles. The molecular formula is C14H21N3O3S2. The molecular weight excluding hydrogens is 322 g/mol. The van der Waals surface area contributed by atoms with E-state index in [1.165, 1.54) is 11.8 Å². The van der Waals surface area contributed by atoms with Gasteiger partial charge in [-0.25, -0.2) is 18.4 Å². The Hall–Kier alpha value is -1.15. The Morgan fingerprint density at radius 3 is 2.36 bits per heavy atom. The lowest BCUT2D eigenvalue weighted by Gasteiger charge is -2.15. The highest BCUT2D eigenvalue weighted by atomic mass is 32.2. The molecule has 0 saturated carbocycles. The minimum Gasteiger partial charge on any atom is -0.351 e. The van der Waals surface area contributed by atoms with Crippen LogP contribution in [0, 0.1) is 20.8 Å². The number of hydrogen-bond acceptors (Lipinski definition) is 6. The molecule has 1 fully saturated rings. The van der Waals surface area contributed by atoms with E-state index in [1.807, 2.05) is 20.8 Å². The van der Waals surface area contributed by atoms with Gasteiger partial charge in [0.05, 0.1) is 16.8 Å². The topological polar surface area (TPSA) is 89.0 Å². The van der Waals surface area contributed by atoms with E-state index < -0.39 is 9.84 Å². The van der Waals surface area contributed by atoms with Gasteiger partial charge in [-0.1, -0.05) is 11.8 Å². The van der Waals surface area contributed by atoms with Crippen LogP contribution in [-0.2, 0) is 14.6 Å². The second-order valence-corrected chi connectivity index (χ2v) is 9.21. The maximum absolute atomic E-state index is 12.2. The van der Waals surface area contributed by atoms with E-state index in [-0.39, 0.29) is 28.7 Å². The Morgan fingerprint density at radius 1 is 1.27 bits per heavy atom. The summed E-state index contributed by atoms with van der Waals surface area (Å²) in [7, 11) is -2.99. The fourth-order valence-electron chi connectivity index (χ4n) is 2.23. The van der Waals surface area contributed by atoms with Crippen molar-refractivity contribution in [2.24, 2.45) is 0 Å². The van der Waals surface area contributed by atoms with E-state index >= 15 is 0 Å². The molecule has 1 saturated heterocycles. The summed E-state index contributed by atoms with van der Waals surface area (Å²) in [5, 5.41) is 3.00. The van der Waals surface area contributed by atoms with E-state index in [0.29, 0.717) is 11.6 Å². The second kappa shape index (κ2) is 6.54. The van der Waals surface area contributed by atoms with Gasteiger partial charge in [0.2, 0.25) is 5.91 Å². The molecule has 2 atom stereocenters. The molecule has 8 heteroatoms. The van der Waals surface area contributed by atoms with Gasteiger partial charge in [0.1, 0.15) is 0 Å². The van der Waals surface area contributed by atoms with Gasteiger partial charge < -0.3 is 5.32 Å². The Kier molecular flexibility index (Phi) is 5.11. The number of thioether (sulfide) groups is 1. The molecule has 0 radical (unpaired) electrons. The third-order valence-electron chi connectivity index (χ3n) is 3.84. The summed E-state index contributed by atoms with van der Waals surface area (Å²) >= 11 is 1.29. The van der Waals surface area contributed by atoms with Crippen molar-refractivity contribution >= 4 is 27.5 Å². The first-order valence-corrected chi connectivity index (χ1v) is 9.87. The number of carbonyl (C=O) groups excluding carboxylic acids is 1. The fourth-order valence-corrected chi connectivity index (χ4v) is 4.78. The zero-order valence-electron chi connectivity index (χ0n) is 13.2. The molecule has 1 aliphatic rings. The van der Waals surface area contributed by atoms with Gasteiger partial charge in [0.15, 0.2) is 15.0 Å². The summed E-state index contributed by atoms with van der Waals surface area (Å²) in [4.78, 5) is 20.9. The highest BCUT2D eigenvalue weighted by Crippen LogP contribution is 2.22. The Labute approximate surface area is 135 Å². The SMILES string of the molecule is Cc1nc(S[C@H](C)C(=O)N[C@H]2CCS(=O)(=O)C2)nc(C)c1C. The van der Waals surface area contributed by atoms with Crippen LogP contribution in [0.25, 0.3) is 0 Å². The fraction of sp³-hybridized carbons (Fsp3) is 0.643. The molecule has 1 aromatic rings. The summed E-state index contributed by atoms with van der Waals surface area (Å²) in [6.07, 6.45) is 0.491. The number of nitrogens with one attached hydrogen (secondary N) is 1. The lowest BCUT2D eigenvalue weighted by molar-refractivity contribution is -0.120. The van der Waals surface area contributed by atoms with Crippen LogP contribution in [0.3, 0.4) is 0 Å². The Morgan fingerprint density at radius 2 is 1.86 bits per heavy atom. The zero-order valence-corrected chi connectivity index (χ0v) is 14.8. The predicted octanol–water partition coefficient (Wildman–Crippen LogP) is 1.19. The third-order valence-corrected chi connectivity index (χ3v) is 6.57. The van der Waals surface area contributed by atoms with Gasteiger partial charge in [0.25, 0.3) is 0 Å². The van der Waals surface area contributed by atoms with Crippen molar-refractivity contribution in [2.45, 2.75) is 50.6 Å². The van der Waals surface area contributed by atoms with Crippen LogP contribution in [-0.4, -0.2) is 47.1 Å². The zero-order chi connectivity index (χ0) is 16.5. The summed E-state index contributed by atoms with van der Waals surface area (Å²) in [6, 6.07) is -0.275. The monoisotopic (exact) mass is 343 g/mol. The molecule has 0 bridgehead atoms. The quantitative estimate of drug-likeness (QED) is 0.652. The largest absolute Gasteiger partial charge is 0.351 e. The molecule has 6 nitrogen and oxygen atoms in total. The number of aromatic nitrogens is 2. The molecule has 122 valence electrons. The maximum atomic E-state index is 12.2. The third kappa shape index (κ3) is 4.19. The van der Waals surface area contributed by atoms with E-state index in [9.17, 15) is 13.2 Å². The van der Waals surface area contributed by atoms with Gasteiger partial charge in [-0.05, 0) is 39.7 Å². The van der Waals surface area contributed by atoms with Crippen LogP contribution in [0.2, 0.25) is 0 Å². The van der Waals surface area contributed by atoms with Crippen molar-refractivity contribution < 1.29 is 13.2 Å². The average Bonchev–Trinajstić information content (AvgIpc) is 2.75. The Balaban J connectivity index is 1.97. The smallest absolute Gasteiger partial charge is 0.233 e. The summed E-state index contributed by atoms with van der Waals surface area (Å²) in [5.74, 6) is 0.0143. The second-order valence-electron chi connectivity index (χ2n) is 5.67. The van der Waals surface area contributed by atoms with E-state index in [0.717, 1.165) is 17.0 Å². The number of hydrogen-bond donors (Lipinski definition) is 1. The average molecular weight is 343 g/mol. The van der Waals surface area contributed by atoms with Crippen molar-refractivity contribution in [1.82, 2.24) is 15.3 Å². The molecule has 0 aromatic carbocycles. The maximum Gasteiger partial charge on any atom is 0.233 e. The molecule has 1 aliphatic heterocycles. The first-order valence-electron chi connectivity index (χ1n) is 7.17. The normalized spacial score (nSPS) is 21.5. The first kappa shape index (κ1) is 17.2. The van der Waals surface area contributed by atoms with Crippen molar-refractivity contribution in [3.05, 3.63) is 17.0 Å². The lowest BCUT2D eigenvalue weighted by Crippen LogP contribution is -2.40. The molecule has 1 N–H and O–H groups in total. The minimum absolute atomic E-state index is 0.0371. The molecule has 0 aliphatic carbocycles. The van der Waals surface area contributed by atoms with Crippen molar-refractivity contribution in [2.75, 3.05) is 11.5 Å². The molecule has 2 rings (SSSR count). The number of amides is 1. The summed E-state index contributed by atoms with van der Waals surface area (Å²) < 4.78 is 22.8. The van der Waals surface area contributed by atoms with Crippen LogP contribution < -0.4 is 5.32 Å². The number of nitrogens with zero attached hydrogens (tertiary/aromatic N) is 2. The molecule has 1 amide bonds. The van der Waals surface area contributed by atoms with Crippen LogP contribution in [0.1, 0.15) is 30.3 Å². The van der Waals surface area contributed by atoms with Crippen LogP contribution in [0.4, 0.5) is 0 Å². The van der Waals surface area contributed by atoms with Gasteiger partial charge in [-0.3, -0.25) is 4.79 Å². The summed E-state index contributed by atoms with van der Waals surface area (Å²) in [5.41, 5.74) is 2.87. The minimum atomic E-state index is -2.99. The van der Waals surface area contributed by atoms with Crippen molar-refractivity contribution in [1.29, 1.82) is 0 Å². The van der Waals surface area contributed by atoms with Gasteiger partial charge in [-0.15, -0.1) is 0 Å². The molecule has 2 heterocycles. The van der Waals surface area contributed by atoms with Gasteiger partial charge >= 0.3 is 0 Å². The van der Waals surface area contributed by atoms with Crippen LogP contribution in [0.15, 0.2) is 5.16 Å². The van der Waals surface area contributed by atoms with Crippen molar-refractivity contribution in [3.8, 4) is 0 Å². The van der Waals surface area contributed by atoms with E-state index in [2.05, 4.69) is 15.3 Å². The number of rotatable bonds is 4. The molecule has 22 heavy (non-hydrogen) atoms. The van der Waals surface area contributed by atoms with Gasteiger partial charge in [0, 0.05) is 17.4 Å². The van der Waals surface area contributed by atoms with E-state index in [4.69, 9.17) is 0 Å². The summed E-state index contributed by atoms with van der Waals surface area (Å²) in [6.45, 7) is 7.58. The van der Waals surface area contributed by atoms with Crippen LogP contribution in [0.5, 0.6) is 0 Å². The highest BCUT2D eigenvalue weighted by molar-refractivity contribution is 8.00. The predicted molar refractivity (Wildman–Crippen MR) is 86.8 cm³/mol. The number of aryl methyl sites for hydroxylation is 2.